The van der Waals surface area contributed by atoms with Gasteiger partial charge in [-0.25, -0.2) is 4.99 Å². The van der Waals surface area contributed by atoms with Crippen molar-refractivity contribution in [3.63, 3.8) is 0 Å². The molecule has 3 heteroatoms. The van der Waals surface area contributed by atoms with Gasteiger partial charge < -0.3 is 5.11 Å². The van der Waals surface area contributed by atoms with E-state index in [2.05, 4.69) is 4.99 Å². The van der Waals surface area contributed by atoms with E-state index >= 15 is 0 Å². The highest BCUT2D eigenvalue weighted by molar-refractivity contribution is 6.30. The Morgan fingerprint density at radius 3 is 1.96 bits per heavy atom. The first-order valence-corrected chi connectivity index (χ1v) is 7.74. The molecule has 1 N–H and O–H groups in total. The standard InChI is InChI=1S/C20H16ClNO/c21-17-11-13-18(14-12-17)22-19(15-7-3-1-4-8-15)20(23)16-9-5-2-6-10-16/h1-14,20,23H. The fourth-order valence-corrected chi connectivity index (χ4v) is 2.47. The number of nitrogens with zero attached hydrogens (tertiary/aromatic N) is 1. The van der Waals surface area contributed by atoms with Crippen molar-refractivity contribution in [3.05, 3.63) is 101 Å². The molecule has 0 aliphatic carbocycles. The van der Waals surface area contributed by atoms with Gasteiger partial charge in [0.25, 0.3) is 0 Å². The fourth-order valence-electron chi connectivity index (χ4n) is 2.34. The number of aliphatic imine (C=N–C) groups is 1. The highest BCUT2D eigenvalue weighted by atomic mass is 35.5. The summed E-state index contributed by atoms with van der Waals surface area (Å²) in [5.41, 5.74) is 3.06. The van der Waals surface area contributed by atoms with Gasteiger partial charge in [0, 0.05) is 5.02 Å². The van der Waals surface area contributed by atoms with Crippen molar-refractivity contribution in [2.45, 2.75) is 6.10 Å². The van der Waals surface area contributed by atoms with Gasteiger partial charge in [-0.15, -0.1) is 0 Å². The molecule has 1 atom stereocenters. The summed E-state index contributed by atoms with van der Waals surface area (Å²) in [7, 11) is 0. The number of aliphatic hydroxyl groups is 1. The van der Waals surface area contributed by atoms with E-state index in [0.29, 0.717) is 10.7 Å². The van der Waals surface area contributed by atoms with Crippen LogP contribution in [0, 0.1) is 0 Å². The van der Waals surface area contributed by atoms with Crippen LogP contribution in [-0.4, -0.2) is 10.8 Å². The number of benzene rings is 3. The van der Waals surface area contributed by atoms with Crippen molar-refractivity contribution >= 4 is 23.0 Å². The Balaban J connectivity index is 2.05. The molecule has 0 amide bonds. The Morgan fingerprint density at radius 1 is 0.783 bits per heavy atom. The molecule has 0 bridgehead atoms. The largest absolute Gasteiger partial charge is 0.382 e. The smallest absolute Gasteiger partial charge is 0.122 e. The number of hydrogen-bond acceptors (Lipinski definition) is 2. The number of hydrogen-bond donors (Lipinski definition) is 1. The van der Waals surface area contributed by atoms with Gasteiger partial charge >= 0.3 is 0 Å². The molecule has 23 heavy (non-hydrogen) atoms. The van der Waals surface area contributed by atoms with Gasteiger partial charge in [-0.05, 0) is 35.4 Å². The normalized spacial score (nSPS) is 12.9. The number of halogens is 1. The van der Waals surface area contributed by atoms with Gasteiger partial charge in [0.05, 0.1) is 11.4 Å². The molecular formula is C20H16ClNO. The molecule has 0 aliphatic heterocycles. The van der Waals surface area contributed by atoms with Crippen LogP contribution in [0.5, 0.6) is 0 Å². The minimum absolute atomic E-state index is 0.610. The Morgan fingerprint density at radius 2 is 1.35 bits per heavy atom. The van der Waals surface area contributed by atoms with E-state index in [1.54, 1.807) is 12.1 Å². The topological polar surface area (TPSA) is 32.6 Å². The predicted molar refractivity (Wildman–Crippen MR) is 95.5 cm³/mol. The summed E-state index contributed by atoms with van der Waals surface area (Å²) in [6.45, 7) is 0. The third-order valence-electron chi connectivity index (χ3n) is 3.52. The molecule has 0 fully saturated rings. The van der Waals surface area contributed by atoms with Crippen molar-refractivity contribution in [2.75, 3.05) is 0 Å². The molecule has 0 spiro atoms. The molecule has 0 radical (unpaired) electrons. The third-order valence-corrected chi connectivity index (χ3v) is 3.77. The Kier molecular flexibility index (Phi) is 4.86. The summed E-state index contributed by atoms with van der Waals surface area (Å²) in [6, 6.07) is 26.5. The lowest BCUT2D eigenvalue weighted by atomic mass is 9.99. The van der Waals surface area contributed by atoms with Crippen molar-refractivity contribution < 1.29 is 5.11 Å². The first kappa shape index (κ1) is 15.5. The number of aliphatic hydroxyl groups excluding tert-OH is 1. The summed E-state index contributed by atoms with van der Waals surface area (Å²) in [6.07, 6.45) is -0.797. The molecule has 0 heterocycles. The maximum Gasteiger partial charge on any atom is 0.122 e. The minimum Gasteiger partial charge on any atom is -0.382 e. The van der Waals surface area contributed by atoms with E-state index < -0.39 is 6.10 Å². The van der Waals surface area contributed by atoms with E-state index in [0.717, 1.165) is 16.8 Å². The van der Waals surface area contributed by atoms with Gasteiger partial charge in [0.1, 0.15) is 6.10 Å². The van der Waals surface area contributed by atoms with E-state index in [1.807, 2.05) is 72.8 Å². The summed E-state index contributed by atoms with van der Waals surface area (Å²) >= 11 is 5.93. The lowest BCUT2D eigenvalue weighted by Gasteiger charge is -2.15. The second-order valence-electron chi connectivity index (χ2n) is 5.15. The van der Waals surface area contributed by atoms with Crippen LogP contribution in [0.1, 0.15) is 17.2 Å². The molecule has 3 rings (SSSR count). The molecule has 2 nitrogen and oxygen atoms in total. The minimum atomic E-state index is -0.797. The second kappa shape index (κ2) is 7.23. The van der Waals surface area contributed by atoms with Crippen LogP contribution >= 0.6 is 11.6 Å². The van der Waals surface area contributed by atoms with Gasteiger partial charge in [-0.1, -0.05) is 72.3 Å². The molecule has 3 aromatic rings. The van der Waals surface area contributed by atoms with Crippen molar-refractivity contribution in [2.24, 2.45) is 4.99 Å². The lowest BCUT2D eigenvalue weighted by Crippen LogP contribution is -2.13. The van der Waals surface area contributed by atoms with Gasteiger partial charge in [-0.2, -0.15) is 0 Å². The molecule has 0 saturated heterocycles. The maximum atomic E-state index is 10.8. The van der Waals surface area contributed by atoms with Crippen LogP contribution in [0.15, 0.2) is 89.9 Å². The second-order valence-corrected chi connectivity index (χ2v) is 5.59. The van der Waals surface area contributed by atoms with E-state index in [4.69, 9.17) is 11.6 Å². The van der Waals surface area contributed by atoms with E-state index in [1.165, 1.54) is 0 Å². The van der Waals surface area contributed by atoms with Gasteiger partial charge in [0.15, 0.2) is 0 Å². The summed E-state index contributed by atoms with van der Waals surface area (Å²) < 4.78 is 0. The zero-order valence-corrected chi connectivity index (χ0v) is 13.2. The summed E-state index contributed by atoms with van der Waals surface area (Å²) in [5, 5.41) is 11.5. The zero-order valence-electron chi connectivity index (χ0n) is 12.4. The highest BCUT2D eigenvalue weighted by Gasteiger charge is 2.17. The van der Waals surface area contributed by atoms with E-state index in [-0.39, 0.29) is 0 Å². The Hall–Kier alpha value is -2.42. The van der Waals surface area contributed by atoms with Crippen LogP contribution in [0.4, 0.5) is 5.69 Å². The zero-order chi connectivity index (χ0) is 16.1. The Bertz CT molecular complexity index is 783. The first-order chi connectivity index (χ1) is 11.2. The van der Waals surface area contributed by atoms with Crippen LogP contribution in [0.3, 0.4) is 0 Å². The van der Waals surface area contributed by atoms with E-state index in [9.17, 15) is 5.11 Å². The third kappa shape index (κ3) is 3.86. The summed E-state index contributed by atoms with van der Waals surface area (Å²) in [5.74, 6) is 0. The quantitative estimate of drug-likeness (QED) is 0.659. The molecular weight excluding hydrogens is 306 g/mol. The molecule has 114 valence electrons. The van der Waals surface area contributed by atoms with Gasteiger partial charge in [-0.3, -0.25) is 0 Å². The average Bonchev–Trinajstić information content (AvgIpc) is 2.62. The summed E-state index contributed by atoms with van der Waals surface area (Å²) in [4.78, 5) is 4.65. The fraction of sp³-hybridized carbons (Fsp3) is 0.0500. The van der Waals surface area contributed by atoms with Crippen LogP contribution < -0.4 is 0 Å². The van der Waals surface area contributed by atoms with Crippen LogP contribution in [0.2, 0.25) is 5.02 Å². The predicted octanol–water partition coefficient (Wildman–Crippen LogP) is 5.19. The molecule has 0 saturated carbocycles. The van der Waals surface area contributed by atoms with Crippen molar-refractivity contribution in [1.29, 1.82) is 0 Å². The van der Waals surface area contributed by atoms with Gasteiger partial charge in [0.2, 0.25) is 0 Å². The molecule has 0 aromatic heterocycles. The SMILES string of the molecule is OC(C(=Nc1ccc(Cl)cc1)c1ccccc1)c1ccccc1. The monoisotopic (exact) mass is 321 g/mol. The molecule has 0 aliphatic rings. The number of rotatable bonds is 4. The van der Waals surface area contributed by atoms with Crippen molar-refractivity contribution in [3.8, 4) is 0 Å². The average molecular weight is 322 g/mol. The molecule has 3 aromatic carbocycles. The van der Waals surface area contributed by atoms with Crippen molar-refractivity contribution in [1.82, 2.24) is 0 Å². The molecule has 1 unspecified atom stereocenters. The van der Waals surface area contributed by atoms with Crippen LogP contribution in [0.25, 0.3) is 0 Å². The first-order valence-electron chi connectivity index (χ1n) is 7.36. The van der Waals surface area contributed by atoms with Crippen LogP contribution in [-0.2, 0) is 0 Å². The lowest BCUT2D eigenvalue weighted by molar-refractivity contribution is 0.248. The Labute approximate surface area is 140 Å². The maximum absolute atomic E-state index is 10.8. The highest BCUT2D eigenvalue weighted by Crippen LogP contribution is 2.24.